The maximum atomic E-state index is 11.4. The van der Waals surface area contributed by atoms with Gasteiger partial charge in [0, 0.05) is 6.54 Å². The number of aromatic nitrogens is 3. The fourth-order valence-electron chi connectivity index (χ4n) is 3.42. The number of hydrogen-bond donors (Lipinski definition) is 2. The summed E-state index contributed by atoms with van der Waals surface area (Å²) in [6.07, 6.45) is 3.22. The summed E-state index contributed by atoms with van der Waals surface area (Å²) in [5.74, 6) is 2.02. The van der Waals surface area contributed by atoms with E-state index in [1.807, 2.05) is 12.1 Å². The number of rotatable bonds is 3. The van der Waals surface area contributed by atoms with E-state index in [4.69, 9.17) is 21.1 Å². The number of H-pyrrole nitrogens is 2. The number of fused-ring (bicyclic) bond motifs is 1. The molecule has 2 aromatic rings. The van der Waals surface area contributed by atoms with Gasteiger partial charge < -0.3 is 9.47 Å². The fraction of sp³-hybridized carbons (Fsp3) is 0.500. The van der Waals surface area contributed by atoms with Gasteiger partial charge in [-0.2, -0.15) is 5.10 Å². The molecule has 1 aromatic carbocycles. The lowest BCUT2D eigenvalue weighted by molar-refractivity contribution is 0.133. The summed E-state index contributed by atoms with van der Waals surface area (Å²) in [6, 6.07) is 4.01. The molecule has 7 nitrogen and oxygen atoms in total. The van der Waals surface area contributed by atoms with Gasteiger partial charge in [-0.3, -0.25) is 9.88 Å². The highest BCUT2D eigenvalue weighted by atomic mass is 35.5. The molecule has 128 valence electrons. The van der Waals surface area contributed by atoms with Crippen LogP contribution in [0.15, 0.2) is 16.9 Å². The number of hydrogen-bond acceptors (Lipinski definition) is 5. The van der Waals surface area contributed by atoms with Gasteiger partial charge in [-0.15, -0.1) is 0 Å². The van der Waals surface area contributed by atoms with Crippen molar-refractivity contribution in [2.24, 2.45) is 0 Å². The molecule has 2 aliphatic heterocycles. The minimum atomic E-state index is -0.266. The summed E-state index contributed by atoms with van der Waals surface area (Å²) in [5, 5.41) is 7.14. The topological polar surface area (TPSA) is 83.2 Å². The van der Waals surface area contributed by atoms with Gasteiger partial charge in [0.05, 0.1) is 11.1 Å². The van der Waals surface area contributed by atoms with Gasteiger partial charge in [0.1, 0.15) is 19.0 Å². The molecule has 2 N–H and O–H groups in total. The van der Waals surface area contributed by atoms with E-state index in [1.54, 1.807) is 0 Å². The van der Waals surface area contributed by atoms with E-state index in [0.29, 0.717) is 35.6 Å². The van der Waals surface area contributed by atoms with Crippen LogP contribution in [0, 0.1) is 0 Å². The lowest BCUT2D eigenvalue weighted by Crippen LogP contribution is -2.33. The first-order valence-electron chi connectivity index (χ1n) is 8.17. The van der Waals surface area contributed by atoms with Gasteiger partial charge in [-0.05, 0) is 37.1 Å². The summed E-state index contributed by atoms with van der Waals surface area (Å²) in [4.78, 5) is 16.5. The molecule has 1 atom stereocenters. The molecule has 2 aliphatic rings. The highest BCUT2D eigenvalue weighted by Gasteiger charge is 2.27. The van der Waals surface area contributed by atoms with E-state index >= 15 is 0 Å². The van der Waals surface area contributed by atoms with Crippen LogP contribution in [0.3, 0.4) is 0 Å². The maximum absolute atomic E-state index is 11.4. The second-order valence-electron chi connectivity index (χ2n) is 6.15. The first-order valence-corrected chi connectivity index (χ1v) is 8.55. The Labute approximate surface area is 143 Å². The first kappa shape index (κ1) is 15.5. The van der Waals surface area contributed by atoms with Crippen molar-refractivity contribution in [3.63, 3.8) is 0 Å². The van der Waals surface area contributed by atoms with Crippen LogP contribution >= 0.6 is 11.6 Å². The Hall–Kier alpha value is -1.99. The van der Waals surface area contributed by atoms with Gasteiger partial charge in [0.2, 0.25) is 0 Å². The minimum absolute atomic E-state index is 0.102. The van der Waals surface area contributed by atoms with Gasteiger partial charge in [-0.1, -0.05) is 18.0 Å². The number of likely N-dealkylation sites (tertiary alicyclic amines) is 1. The summed E-state index contributed by atoms with van der Waals surface area (Å²) in [7, 11) is 0. The van der Waals surface area contributed by atoms with Crippen molar-refractivity contribution in [2.75, 3.05) is 19.8 Å². The molecule has 0 radical (unpaired) electrons. The Bertz CT molecular complexity index is 788. The quantitative estimate of drug-likeness (QED) is 0.887. The van der Waals surface area contributed by atoms with Crippen LogP contribution in [0.25, 0.3) is 0 Å². The largest absolute Gasteiger partial charge is 0.486 e. The molecule has 1 aromatic heterocycles. The average molecular weight is 351 g/mol. The minimum Gasteiger partial charge on any atom is -0.486 e. The van der Waals surface area contributed by atoms with E-state index in [9.17, 15) is 4.79 Å². The standard InChI is InChI=1S/C16H19ClN4O3/c17-11-7-10(8-13-14(11)24-6-5-23-13)9-21-4-2-1-3-12(21)15-18-16(22)20-19-15/h7-8,12H,1-6,9H2,(H2,18,19,20,22). The monoisotopic (exact) mass is 350 g/mol. The zero-order valence-corrected chi connectivity index (χ0v) is 13.9. The SMILES string of the molecule is O=c1[nH]nc(C2CCCCN2Cc2cc(Cl)c3c(c2)OCCO3)[nH]1. The van der Waals surface area contributed by atoms with Gasteiger partial charge in [0.15, 0.2) is 11.5 Å². The van der Waals surface area contributed by atoms with Crippen molar-refractivity contribution in [1.82, 2.24) is 20.1 Å². The van der Waals surface area contributed by atoms with Gasteiger partial charge in [0.25, 0.3) is 0 Å². The molecule has 4 rings (SSSR count). The number of aromatic amines is 2. The zero-order chi connectivity index (χ0) is 16.5. The highest BCUT2D eigenvalue weighted by molar-refractivity contribution is 6.32. The van der Waals surface area contributed by atoms with Crippen molar-refractivity contribution >= 4 is 11.6 Å². The van der Waals surface area contributed by atoms with Gasteiger partial charge >= 0.3 is 5.69 Å². The van der Waals surface area contributed by atoms with Crippen molar-refractivity contribution in [2.45, 2.75) is 31.8 Å². The van der Waals surface area contributed by atoms with Crippen LogP contribution in [0.2, 0.25) is 5.02 Å². The lowest BCUT2D eigenvalue weighted by Gasteiger charge is -2.34. The van der Waals surface area contributed by atoms with E-state index < -0.39 is 0 Å². The number of halogens is 1. The summed E-state index contributed by atoms with van der Waals surface area (Å²) in [5.41, 5.74) is 0.798. The van der Waals surface area contributed by atoms with Crippen LogP contribution in [0.1, 0.15) is 36.7 Å². The highest BCUT2D eigenvalue weighted by Crippen LogP contribution is 2.39. The van der Waals surface area contributed by atoms with Crippen molar-refractivity contribution in [3.05, 3.63) is 39.0 Å². The third-order valence-corrected chi connectivity index (χ3v) is 4.77. The summed E-state index contributed by atoms with van der Waals surface area (Å²) < 4.78 is 11.2. The van der Waals surface area contributed by atoms with Crippen LogP contribution in [0.5, 0.6) is 11.5 Å². The normalized spacial score (nSPS) is 21.0. The van der Waals surface area contributed by atoms with Crippen LogP contribution in [0.4, 0.5) is 0 Å². The van der Waals surface area contributed by atoms with E-state index in [0.717, 1.165) is 37.9 Å². The lowest BCUT2D eigenvalue weighted by atomic mass is 10.0. The maximum Gasteiger partial charge on any atom is 0.340 e. The molecule has 24 heavy (non-hydrogen) atoms. The molecule has 1 saturated heterocycles. The van der Waals surface area contributed by atoms with E-state index in [-0.39, 0.29) is 11.7 Å². The third kappa shape index (κ3) is 3.01. The Morgan fingerprint density at radius 3 is 3.00 bits per heavy atom. The number of benzene rings is 1. The summed E-state index contributed by atoms with van der Waals surface area (Å²) in [6.45, 7) is 2.72. The predicted octanol–water partition coefficient (Wildman–Crippen LogP) is 2.25. The fourth-order valence-corrected chi connectivity index (χ4v) is 3.71. The molecule has 0 amide bonds. The van der Waals surface area contributed by atoms with Crippen molar-refractivity contribution in [1.29, 1.82) is 0 Å². The molecule has 1 fully saturated rings. The molecule has 0 spiro atoms. The second-order valence-corrected chi connectivity index (χ2v) is 6.55. The van der Waals surface area contributed by atoms with Crippen molar-refractivity contribution in [3.8, 4) is 11.5 Å². The molecule has 0 bridgehead atoms. The predicted molar refractivity (Wildman–Crippen MR) is 88.7 cm³/mol. The number of nitrogens with zero attached hydrogens (tertiary/aromatic N) is 2. The Morgan fingerprint density at radius 1 is 1.29 bits per heavy atom. The Balaban J connectivity index is 1.58. The molecule has 0 aliphatic carbocycles. The van der Waals surface area contributed by atoms with Crippen LogP contribution < -0.4 is 15.2 Å². The molecule has 1 unspecified atom stereocenters. The number of ether oxygens (including phenoxy) is 2. The van der Waals surface area contributed by atoms with Gasteiger partial charge in [-0.25, -0.2) is 9.89 Å². The zero-order valence-electron chi connectivity index (χ0n) is 13.2. The molecular formula is C16H19ClN4O3. The second kappa shape index (κ2) is 6.49. The third-order valence-electron chi connectivity index (χ3n) is 4.49. The molecule has 3 heterocycles. The first-order chi connectivity index (χ1) is 11.7. The molecular weight excluding hydrogens is 332 g/mol. The van der Waals surface area contributed by atoms with Crippen LogP contribution in [-0.4, -0.2) is 39.8 Å². The van der Waals surface area contributed by atoms with Crippen LogP contribution in [-0.2, 0) is 6.54 Å². The Kier molecular flexibility index (Phi) is 4.20. The van der Waals surface area contributed by atoms with Crippen molar-refractivity contribution < 1.29 is 9.47 Å². The number of piperidine rings is 1. The Morgan fingerprint density at radius 2 is 2.17 bits per heavy atom. The molecule has 8 heteroatoms. The van der Waals surface area contributed by atoms with E-state index in [1.165, 1.54) is 0 Å². The smallest absolute Gasteiger partial charge is 0.340 e. The molecule has 0 saturated carbocycles. The number of nitrogens with one attached hydrogen (secondary N) is 2. The average Bonchev–Trinajstić information content (AvgIpc) is 3.02. The van der Waals surface area contributed by atoms with E-state index in [2.05, 4.69) is 20.1 Å². The summed E-state index contributed by atoms with van der Waals surface area (Å²) >= 11 is 6.33.